The maximum Gasteiger partial charge on any atom is 0.414 e. The number of hydrogen-bond acceptors (Lipinski definition) is 8. The Hall–Kier alpha value is -3.28. The topological polar surface area (TPSA) is 171 Å². The molecule has 1 aliphatic heterocycles. The Bertz CT molecular complexity index is 1070. The van der Waals surface area contributed by atoms with Crippen LogP contribution < -0.4 is 16.0 Å². The van der Waals surface area contributed by atoms with Crippen molar-refractivity contribution in [3.8, 4) is 11.3 Å². The van der Waals surface area contributed by atoms with Crippen molar-refractivity contribution in [1.82, 2.24) is 10.2 Å². The maximum atomic E-state index is 12.4. The number of nitrogens with two attached hydrogens (primary N) is 1. The van der Waals surface area contributed by atoms with Gasteiger partial charge in [-0.15, -0.1) is 0 Å². The number of benzene rings is 1. The van der Waals surface area contributed by atoms with Crippen LogP contribution in [0.25, 0.3) is 11.3 Å². The van der Waals surface area contributed by atoms with E-state index in [4.69, 9.17) is 15.6 Å². The molecule has 0 saturated carbocycles. The standard InChI is InChI=1S/C21H25N5O6/c1-10(28)17(22)16-8-26(21(31)32-16)12-5-6-13-11(7-12)3-2-4-14-18(13)24-25-19(14)23-20(30)15(29)9-27/h5-7,15-17,27,29H,2-4,8-9,22H2,1H3,(H2,23,24,25,30)/t15-,16?,17?/m0/s1. The molecule has 1 saturated heterocycles. The number of carbonyl (C=O) groups is 3. The van der Waals surface area contributed by atoms with E-state index in [2.05, 4.69) is 15.5 Å². The minimum atomic E-state index is -1.52. The summed E-state index contributed by atoms with van der Waals surface area (Å²) in [4.78, 5) is 37.3. The minimum Gasteiger partial charge on any atom is -0.442 e. The van der Waals surface area contributed by atoms with Crippen LogP contribution in [0.15, 0.2) is 18.2 Å². The molecule has 1 aliphatic carbocycles. The molecule has 11 nitrogen and oxygen atoms in total. The van der Waals surface area contributed by atoms with Gasteiger partial charge in [-0.3, -0.25) is 19.6 Å². The lowest BCUT2D eigenvalue weighted by atomic mass is 10.0. The average molecular weight is 443 g/mol. The van der Waals surface area contributed by atoms with Gasteiger partial charge < -0.3 is 26.0 Å². The lowest BCUT2D eigenvalue weighted by molar-refractivity contribution is -0.125. The normalized spacial score (nSPS) is 19.4. The maximum absolute atomic E-state index is 12.4. The van der Waals surface area contributed by atoms with Crippen molar-refractivity contribution in [3.63, 3.8) is 0 Å². The molecule has 2 unspecified atom stereocenters. The highest BCUT2D eigenvalue weighted by Crippen LogP contribution is 2.37. The fourth-order valence-corrected chi connectivity index (χ4v) is 4.02. The summed E-state index contributed by atoms with van der Waals surface area (Å²) in [5.41, 5.74) is 9.94. The van der Waals surface area contributed by atoms with Crippen molar-refractivity contribution >= 4 is 29.3 Å². The number of fused-ring (bicyclic) bond motifs is 3. The largest absolute Gasteiger partial charge is 0.442 e. The van der Waals surface area contributed by atoms with E-state index in [1.165, 1.54) is 11.8 Å². The van der Waals surface area contributed by atoms with E-state index >= 15 is 0 Å². The van der Waals surface area contributed by atoms with Gasteiger partial charge >= 0.3 is 6.09 Å². The first-order valence-electron chi connectivity index (χ1n) is 10.3. The van der Waals surface area contributed by atoms with Crippen molar-refractivity contribution < 1.29 is 29.3 Å². The molecule has 6 N–H and O–H groups in total. The molecule has 0 radical (unpaired) electrons. The first kappa shape index (κ1) is 21.9. The van der Waals surface area contributed by atoms with Crippen molar-refractivity contribution in [2.75, 3.05) is 23.4 Å². The van der Waals surface area contributed by atoms with Gasteiger partial charge in [0.2, 0.25) is 0 Å². The lowest BCUT2D eigenvalue weighted by Gasteiger charge is -2.17. The highest BCUT2D eigenvalue weighted by molar-refractivity contribution is 5.95. The number of Topliss-reactive ketones (excluding diaryl/α,β-unsaturated/α-hetero) is 1. The second kappa shape index (κ2) is 8.69. The van der Waals surface area contributed by atoms with Crippen LogP contribution in [-0.4, -0.2) is 69.6 Å². The summed E-state index contributed by atoms with van der Waals surface area (Å²) >= 11 is 0. The number of H-pyrrole nitrogens is 1. The Balaban J connectivity index is 1.60. The van der Waals surface area contributed by atoms with Crippen LogP contribution in [0.2, 0.25) is 0 Å². The van der Waals surface area contributed by atoms with E-state index in [9.17, 15) is 19.5 Å². The van der Waals surface area contributed by atoms with Crippen molar-refractivity contribution in [2.24, 2.45) is 5.73 Å². The highest BCUT2D eigenvalue weighted by Gasteiger charge is 2.38. The number of carbonyl (C=O) groups excluding carboxylic acids is 3. The number of amides is 2. The third-order valence-electron chi connectivity index (χ3n) is 5.83. The second-order valence-corrected chi connectivity index (χ2v) is 7.98. The number of ketones is 1. The number of anilines is 2. The van der Waals surface area contributed by atoms with E-state index in [0.29, 0.717) is 17.9 Å². The SMILES string of the molecule is CC(=O)C(N)C1CN(c2ccc3c(c2)CCCc2c(NC(=O)[C@@H](O)CO)n[nH]c2-3)C(=O)O1. The smallest absolute Gasteiger partial charge is 0.414 e. The van der Waals surface area contributed by atoms with E-state index in [1.807, 2.05) is 12.1 Å². The summed E-state index contributed by atoms with van der Waals surface area (Å²) in [6.45, 7) is 0.880. The molecule has 3 atom stereocenters. The van der Waals surface area contributed by atoms with Crippen LogP contribution in [0, 0.1) is 0 Å². The van der Waals surface area contributed by atoms with E-state index in [-0.39, 0.29) is 12.3 Å². The van der Waals surface area contributed by atoms with Gasteiger partial charge in [-0.1, -0.05) is 6.07 Å². The Morgan fingerprint density at radius 2 is 2.19 bits per heavy atom. The molecule has 170 valence electrons. The predicted octanol–water partition coefficient (Wildman–Crippen LogP) is 0.0986. The number of cyclic esters (lactones) is 1. The summed E-state index contributed by atoms with van der Waals surface area (Å²) in [6.07, 6.45) is -0.618. The summed E-state index contributed by atoms with van der Waals surface area (Å²) < 4.78 is 5.29. The monoisotopic (exact) mass is 443 g/mol. The number of rotatable bonds is 6. The van der Waals surface area contributed by atoms with Gasteiger partial charge in [-0.2, -0.15) is 5.10 Å². The van der Waals surface area contributed by atoms with E-state index in [1.54, 1.807) is 6.07 Å². The number of aliphatic hydroxyl groups excluding tert-OH is 2. The number of ether oxygens (including phenoxy) is 1. The molecule has 1 fully saturated rings. The van der Waals surface area contributed by atoms with Crippen LogP contribution in [0.5, 0.6) is 0 Å². The average Bonchev–Trinajstić information content (AvgIpc) is 3.30. The van der Waals surface area contributed by atoms with Crippen LogP contribution >= 0.6 is 0 Å². The zero-order valence-corrected chi connectivity index (χ0v) is 17.5. The van der Waals surface area contributed by atoms with Gasteiger partial charge in [0.05, 0.1) is 18.8 Å². The number of aryl methyl sites for hydroxylation is 1. The van der Waals surface area contributed by atoms with E-state index in [0.717, 1.165) is 35.2 Å². The number of aromatic nitrogens is 2. The Labute approximate surface area is 183 Å². The summed E-state index contributed by atoms with van der Waals surface area (Å²) in [5.74, 6) is -0.654. The Kier molecular flexibility index (Phi) is 5.96. The molecular formula is C21H25N5O6. The van der Waals surface area contributed by atoms with Gasteiger partial charge in [-0.25, -0.2) is 4.79 Å². The molecule has 0 spiro atoms. The van der Waals surface area contributed by atoms with Crippen LogP contribution in [0.1, 0.15) is 24.5 Å². The first-order chi connectivity index (χ1) is 15.3. The predicted molar refractivity (Wildman–Crippen MR) is 114 cm³/mol. The first-order valence-corrected chi connectivity index (χ1v) is 10.3. The molecule has 1 aromatic carbocycles. The van der Waals surface area contributed by atoms with Gasteiger partial charge in [-0.05, 0) is 43.9 Å². The molecular weight excluding hydrogens is 418 g/mol. The third kappa shape index (κ3) is 3.97. The molecule has 2 aliphatic rings. The Morgan fingerprint density at radius 3 is 2.91 bits per heavy atom. The fourth-order valence-electron chi connectivity index (χ4n) is 4.02. The van der Waals surface area contributed by atoms with Crippen molar-refractivity contribution in [1.29, 1.82) is 0 Å². The molecule has 2 heterocycles. The van der Waals surface area contributed by atoms with E-state index < -0.39 is 36.9 Å². The lowest BCUT2D eigenvalue weighted by Crippen LogP contribution is -2.43. The van der Waals surface area contributed by atoms with Crippen molar-refractivity contribution in [2.45, 2.75) is 44.4 Å². The molecule has 2 aromatic rings. The zero-order valence-electron chi connectivity index (χ0n) is 17.5. The van der Waals surface area contributed by atoms with Gasteiger partial charge in [0.1, 0.15) is 17.9 Å². The number of hydrogen-bond donors (Lipinski definition) is 5. The van der Waals surface area contributed by atoms with Crippen molar-refractivity contribution in [3.05, 3.63) is 29.3 Å². The summed E-state index contributed by atoms with van der Waals surface area (Å²) in [5, 5.41) is 28.1. The summed E-state index contributed by atoms with van der Waals surface area (Å²) in [6, 6.07) is 4.69. The van der Waals surface area contributed by atoms with Gasteiger partial charge in [0.15, 0.2) is 11.9 Å². The van der Waals surface area contributed by atoms with Gasteiger partial charge in [0.25, 0.3) is 5.91 Å². The number of nitrogens with one attached hydrogen (secondary N) is 2. The molecule has 1 aromatic heterocycles. The summed E-state index contributed by atoms with van der Waals surface area (Å²) in [7, 11) is 0. The fraction of sp³-hybridized carbons (Fsp3) is 0.429. The van der Waals surface area contributed by atoms with Crippen LogP contribution in [0.3, 0.4) is 0 Å². The zero-order chi connectivity index (χ0) is 23.0. The molecule has 4 rings (SSSR count). The molecule has 11 heteroatoms. The Morgan fingerprint density at radius 1 is 1.41 bits per heavy atom. The number of nitrogens with zero attached hydrogens (tertiary/aromatic N) is 2. The second-order valence-electron chi connectivity index (χ2n) is 7.98. The third-order valence-corrected chi connectivity index (χ3v) is 5.83. The minimum absolute atomic E-state index is 0.192. The molecule has 32 heavy (non-hydrogen) atoms. The molecule has 0 bridgehead atoms. The highest BCUT2D eigenvalue weighted by atomic mass is 16.6. The number of aromatic amines is 1. The van der Waals surface area contributed by atoms with Crippen LogP contribution in [-0.2, 0) is 27.2 Å². The molecule has 2 amide bonds. The quantitative estimate of drug-likeness (QED) is 0.418. The van der Waals surface area contributed by atoms with Gasteiger partial charge in [0, 0.05) is 16.8 Å². The number of aliphatic hydroxyl groups is 2. The van der Waals surface area contributed by atoms with Crippen LogP contribution in [0.4, 0.5) is 16.3 Å².